The summed E-state index contributed by atoms with van der Waals surface area (Å²) in [6, 6.07) is 9.84. The quantitative estimate of drug-likeness (QED) is 0.238. The average molecular weight is 850 g/mol. The molecule has 0 aromatic heterocycles. The number of aryl methyl sites for hydroxylation is 1. The molecule has 7 fully saturated rings. The number of carbonyl (C=O) groups excluding carboxylic acids is 1. The molecule has 7 saturated carbocycles. The first-order chi connectivity index (χ1) is 29.4. The van der Waals surface area contributed by atoms with E-state index in [1.165, 1.54) is 140 Å². The van der Waals surface area contributed by atoms with E-state index in [0.29, 0.717) is 39.9 Å². The van der Waals surface area contributed by atoms with Crippen LogP contribution in [0, 0.1) is 74.9 Å². The Morgan fingerprint density at radius 3 is 1.90 bits per heavy atom. The summed E-state index contributed by atoms with van der Waals surface area (Å²) < 4.78 is 0. The summed E-state index contributed by atoms with van der Waals surface area (Å²) in [5.41, 5.74) is 9.68. The van der Waals surface area contributed by atoms with Crippen molar-refractivity contribution in [1.29, 1.82) is 0 Å². The predicted octanol–water partition coefficient (Wildman–Crippen LogP) is 17.7. The third-order valence-electron chi connectivity index (χ3n) is 20.5. The SMILES string of the molecule is CC.CC1CC1.CCC(=O)C1CC(NC(=C2CCC2)C23CCCC2C2CCC4C5(C)CC=C(c6ccc(C)cc6)C(C)(C)C5CCC4(C)[C@]2(C)CC3)C1(C)C.CCCCCCC. The highest BCUT2D eigenvalue weighted by molar-refractivity contribution is 5.82. The number of nitrogens with one attached hydrogen (secondary N) is 1. The van der Waals surface area contributed by atoms with Gasteiger partial charge in [-0.25, -0.2) is 0 Å². The van der Waals surface area contributed by atoms with Gasteiger partial charge in [-0.15, -0.1) is 0 Å². The molecular weight excluding hydrogens is 751 g/mol. The van der Waals surface area contributed by atoms with Crippen molar-refractivity contribution in [2.75, 3.05) is 0 Å². The van der Waals surface area contributed by atoms with E-state index >= 15 is 0 Å². The molecule has 2 heteroatoms. The van der Waals surface area contributed by atoms with Crippen LogP contribution in [0.1, 0.15) is 242 Å². The first-order valence-corrected chi connectivity index (χ1v) is 27.2. The Morgan fingerprint density at radius 1 is 0.710 bits per heavy atom. The van der Waals surface area contributed by atoms with E-state index in [2.05, 4.69) is 119 Å². The molecule has 0 heterocycles. The van der Waals surface area contributed by atoms with Gasteiger partial charge in [0.1, 0.15) is 5.78 Å². The van der Waals surface area contributed by atoms with Gasteiger partial charge in [0.2, 0.25) is 0 Å². The van der Waals surface area contributed by atoms with Crippen molar-refractivity contribution < 1.29 is 4.79 Å². The molecule has 350 valence electrons. The van der Waals surface area contributed by atoms with E-state index in [0.717, 1.165) is 36.0 Å². The molecule has 0 aliphatic heterocycles. The van der Waals surface area contributed by atoms with Crippen LogP contribution in [-0.2, 0) is 4.79 Å². The van der Waals surface area contributed by atoms with Crippen LogP contribution >= 0.6 is 0 Å². The number of ketones is 1. The molecule has 1 N–H and O–H groups in total. The fourth-order valence-corrected chi connectivity index (χ4v) is 16.0. The average Bonchev–Trinajstić information content (AvgIpc) is 3.89. The summed E-state index contributed by atoms with van der Waals surface area (Å²) in [6.07, 6.45) is 32.3. The molecule has 9 unspecified atom stereocenters. The highest BCUT2D eigenvalue weighted by atomic mass is 16.1. The maximum atomic E-state index is 12.9. The van der Waals surface area contributed by atoms with Crippen molar-refractivity contribution >= 4 is 11.4 Å². The second-order valence-electron chi connectivity index (χ2n) is 24.4. The van der Waals surface area contributed by atoms with Crippen LogP contribution < -0.4 is 5.32 Å². The van der Waals surface area contributed by atoms with Gasteiger partial charge in [-0.05, 0) is 158 Å². The molecular formula is C60H99NO. The van der Waals surface area contributed by atoms with Crippen molar-refractivity contribution in [2.45, 2.75) is 244 Å². The van der Waals surface area contributed by atoms with E-state index < -0.39 is 0 Å². The second kappa shape index (κ2) is 19.6. The fourth-order valence-electron chi connectivity index (χ4n) is 16.0. The molecule has 1 aromatic carbocycles. The number of unbranched alkanes of at least 4 members (excludes halogenated alkanes) is 4. The van der Waals surface area contributed by atoms with Gasteiger partial charge >= 0.3 is 0 Å². The Kier molecular flexibility index (Phi) is 15.6. The zero-order valence-corrected chi connectivity index (χ0v) is 43.4. The lowest BCUT2D eigenvalue weighted by Crippen LogP contribution is -2.66. The summed E-state index contributed by atoms with van der Waals surface area (Å²) >= 11 is 0. The highest BCUT2D eigenvalue weighted by Gasteiger charge is 2.70. The molecule has 9 rings (SSSR count). The van der Waals surface area contributed by atoms with E-state index in [1.807, 2.05) is 13.8 Å². The monoisotopic (exact) mass is 850 g/mol. The minimum absolute atomic E-state index is 0.0533. The van der Waals surface area contributed by atoms with Gasteiger partial charge in [0.15, 0.2) is 0 Å². The van der Waals surface area contributed by atoms with Crippen LogP contribution in [0.4, 0.5) is 0 Å². The summed E-state index contributed by atoms with van der Waals surface area (Å²) in [5.74, 6) is 4.98. The molecule has 8 aliphatic carbocycles. The fraction of sp³-hybridized carbons (Fsp3) is 0.817. The number of hydrogen-bond donors (Lipinski definition) is 1. The van der Waals surface area contributed by atoms with Crippen LogP contribution in [0.3, 0.4) is 0 Å². The van der Waals surface area contributed by atoms with E-state index in [-0.39, 0.29) is 16.7 Å². The van der Waals surface area contributed by atoms with Crippen LogP contribution in [0.15, 0.2) is 41.6 Å². The first kappa shape index (κ1) is 49.6. The lowest BCUT2D eigenvalue weighted by Gasteiger charge is -2.72. The Balaban J connectivity index is 0.000000431. The maximum absolute atomic E-state index is 12.9. The molecule has 1 aromatic rings. The van der Waals surface area contributed by atoms with Crippen molar-refractivity contribution in [2.24, 2.45) is 68.0 Å². The van der Waals surface area contributed by atoms with Gasteiger partial charge in [-0.2, -0.15) is 0 Å². The van der Waals surface area contributed by atoms with E-state index in [4.69, 9.17) is 0 Å². The molecule has 10 atom stereocenters. The van der Waals surface area contributed by atoms with Crippen LogP contribution in [0.25, 0.3) is 5.57 Å². The standard InChI is InChI=1S/C47H69NO.C7H16.C4H8.C2H6/c1-10-37(49)36-29-40(43(36,5)6)48-41(32-13-11-14-32)47-24-12-15-35(47)34-20-21-39-44(7)25-22-33(31-18-16-30(2)17-19-31)42(3,4)38(44)23-26-46(39,9)45(34,8)27-28-47;1-3-5-7-6-4-2;1-4-2-3-4;1-2/h16-19,22,34-36,38-40,48H,10-15,20-21,23-29H2,1-9H3;3-7H2,1-2H3;4H,2-3H2,1H3;1-2H3/t34?,35?,36?,38?,39?,40?,44?,45-,46?,47?;;;/m1.../s1. The number of hydrogen-bond acceptors (Lipinski definition) is 2. The lowest BCUT2D eigenvalue weighted by atomic mass is 9.32. The normalized spacial score (nSPS) is 38.1. The topological polar surface area (TPSA) is 29.1 Å². The number of fused-ring (bicyclic) bond motifs is 7. The zero-order chi connectivity index (χ0) is 45.3. The molecule has 8 aliphatic rings. The van der Waals surface area contributed by atoms with Crippen molar-refractivity contribution in [3.8, 4) is 0 Å². The minimum atomic E-state index is 0.0533. The molecule has 2 nitrogen and oxygen atoms in total. The van der Waals surface area contributed by atoms with E-state index in [1.54, 1.807) is 16.8 Å². The third-order valence-corrected chi connectivity index (χ3v) is 20.5. The van der Waals surface area contributed by atoms with Crippen molar-refractivity contribution in [3.63, 3.8) is 0 Å². The largest absolute Gasteiger partial charge is 0.385 e. The number of allylic oxidation sites excluding steroid dienone is 4. The van der Waals surface area contributed by atoms with Gasteiger partial charge in [0, 0.05) is 29.5 Å². The first-order valence-electron chi connectivity index (χ1n) is 27.2. The predicted molar refractivity (Wildman–Crippen MR) is 269 cm³/mol. The molecule has 62 heavy (non-hydrogen) atoms. The molecule has 0 bridgehead atoms. The lowest BCUT2D eigenvalue weighted by molar-refractivity contribution is -0.220. The third kappa shape index (κ3) is 8.78. The minimum Gasteiger partial charge on any atom is -0.385 e. The maximum Gasteiger partial charge on any atom is 0.136 e. The Labute approximate surface area is 384 Å². The molecule has 0 amide bonds. The van der Waals surface area contributed by atoms with Crippen LogP contribution in [0.5, 0.6) is 0 Å². The van der Waals surface area contributed by atoms with Gasteiger partial charge < -0.3 is 5.32 Å². The van der Waals surface area contributed by atoms with Crippen LogP contribution in [-0.4, -0.2) is 11.8 Å². The number of Topliss-reactive ketones (excluding diaryl/α,β-unsaturated/α-hetero) is 1. The summed E-state index contributed by atoms with van der Waals surface area (Å²) in [6.45, 7) is 33.3. The van der Waals surface area contributed by atoms with Gasteiger partial charge in [0.25, 0.3) is 0 Å². The summed E-state index contributed by atoms with van der Waals surface area (Å²) in [4.78, 5) is 12.9. The Bertz CT molecular complexity index is 1710. The smallest absolute Gasteiger partial charge is 0.136 e. The van der Waals surface area contributed by atoms with Crippen molar-refractivity contribution in [1.82, 2.24) is 5.32 Å². The number of carbonyl (C=O) groups is 1. The molecule has 0 radical (unpaired) electrons. The Morgan fingerprint density at radius 2 is 1.35 bits per heavy atom. The van der Waals surface area contributed by atoms with Gasteiger partial charge in [-0.3, -0.25) is 4.79 Å². The summed E-state index contributed by atoms with van der Waals surface area (Å²) in [7, 11) is 0. The summed E-state index contributed by atoms with van der Waals surface area (Å²) in [5, 5.41) is 4.35. The van der Waals surface area contributed by atoms with Gasteiger partial charge in [0.05, 0.1) is 0 Å². The Hall–Kier alpha value is -1.83. The second-order valence-corrected chi connectivity index (χ2v) is 24.4. The molecule has 0 saturated heterocycles. The van der Waals surface area contributed by atoms with Gasteiger partial charge in [-0.1, -0.05) is 183 Å². The zero-order valence-electron chi connectivity index (χ0n) is 43.4. The van der Waals surface area contributed by atoms with E-state index in [9.17, 15) is 4.79 Å². The van der Waals surface area contributed by atoms with Crippen LogP contribution in [0.2, 0.25) is 0 Å². The number of benzene rings is 1. The number of rotatable bonds is 10. The highest BCUT2D eigenvalue weighted by Crippen LogP contribution is 2.78. The van der Waals surface area contributed by atoms with Crippen molar-refractivity contribution in [3.05, 3.63) is 52.7 Å². The molecule has 0 spiro atoms.